The summed E-state index contributed by atoms with van der Waals surface area (Å²) in [5, 5.41) is 7.79. The third kappa shape index (κ3) is 4.93. The van der Waals surface area contributed by atoms with E-state index in [-0.39, 0.29) is 11.4 Å². The smallest absolute Gasteiger partial charge is 0.315 e. The van der Waals surface area contributed by atoms with Gasteiger partial charge in [0.2, 0.25) is 0 Å². The minimum atomic E-state index is -0.269. The lowest BCUT2D eigenvalue weighted by molar-refractivity contribution is 0.255. The molecule has 0 aromatic carbocycles. The quantitative estimate of drug-likeness (QED) is 0.833. The second kappa shape index (κ2) is 5.12. The summed E-state index contributed by atoms with van der Waals surface area (Å²) in [7, 11) is 0. The second-order valence-corrected chi connectivity index (χ2v) is 5.45. The molecule has 0 saturated carbocycles. The minimum absolute atomic E-state index is 0.0606. The molecule has 0 unspecified atom stereocenters. The zero-order chi connectivity index (χ0) is 12.2. The fourth-order valence-corrected chi connectivity index (χ4v) is 1.60. The number of aryl methyl sites for hydroxylation is 1. The van der Waals surface area contributed by atoms with Gasteiger partial charge in [0, 0.05) is 11.6 Å². The molecule has 0 saturated heterocycles. The number of hydrogen-bond donors (Lipinski definition) is 2. The maximum Gasteiger partial charge on any atom is 0.324 e. The first-order valence-electron chi connectivity index (χ1n) is 5.04. The molecule has 0 aliphatic rings. The monoisotopic (exact) mass is 239 g/mol. The van der Waals surface area contributed by atoms with Gasteiger partial charge in [-0.15, -0.1) is 11.3 Å². The average Bonchev–Trinajstić information content (AvgIpc) is 2.48. The van der Waals surface area contributed by atoms with E-state index in [1.807, 2.05) is 18.4 Å². The molecular weight excluding hydrogens is 222 g/mol. The standard InChI is InChI=1S/C11H17N3OS/c1-8-7-16-10(13-8)14-9(15)12-6-5-11(2,3)4/h5-7H,1-4H3,(H2,12,13,14,15)/b6-5+. The number of thiazole rings is 1. The molecule has 0 bridgehead atoms. The van der Waals surface area contributed by atoms with Crippen molar-refractivity contribution in [2.24, 2.45) is 5.41 Å². The molecule has 2 N–H and O–H groups in total. The number of hydrogen-bond acceptors (Lipinski definition) is 3. The predicted molar refractivity (Wildman–Crippen MR) is 67.6 cm³/mol. The van der Waals surface area contributed by atoms with Crippen LogP contribution in [0, 0.1) is 12.3 Å². The molecular formula is C11H17N3OS. The molecule has 0 atom stereocenters. The highest BCUT2D eigenvalue weighted by Crippen LogP contribution is 2.15. The van der Waals surface area contributed by atoms with Crippen LogP contribution in [0.5, 0.6) is 0 Å². The van der Waals surface area contributed by atoms with E-state index in [4.69, 9.17) is 0 Å². The third-order valence-electron chi connectivity index (χ3n) is 1.64. The molecule has 0 aliphatic heterocycles. The summed E-state index contributed by atoms with van der Waals surface area (Å²) in [4.78, 5) is 15.5. The SMILES string of the molecule is Cc1csc(NC(=O)N/C=C/C(C)(C)C)n1. The van der Waals surface area contributed by atoms with Gasteiger partial charge in [-0.25, -0.2) is 9.78 Å². The van der Waals surface area contributed by atoms with Crippen molar-refractivity contribution >= 4 is 22.5 Å². The first-order valence-corrected chi connectivity index (χ1v) is 5.92. The molecule has 5 heteroatoms. The summed E-state index contributed by atoms with van der Waals surface area (Å²) >= 11 is 1.41. The maximum absolute atomic E-state index is 11.4. The van der Waals surface area contributed by atoms with Gasteiger partial charge in [0.25, 0.3) is 0 Å². The predicted octanol–water partition coefficient (Wildman–Crippen LogP) is 3.13. The number of rotatable bonds is 2. The number of anilines is 1. The van der Waals surface area contributed by atoms with E-state index < -0.39 is 0 Å². The van der Waals surface area contributed by atoms with Crippen molar-refractivity contribution in [3.05, 3.63) is 23.3 Å². The van der Waals surface area contributed by atoms with Crippen LogP contribution in [0.4, 0.5) is 9.93 Å². The number of amides is 2. The first-order chi connectivity index (χ1) is 7.37. The van der Waals surface area contributed by atoms with E-state index in [1.165, 1.54) is 11.3 Å². The van der Waals surface area contributed by atoms with E-state index >= 15 is 0 Å². The zero-order valence-corrected chi connectivity index (χ0v) is 10.8. The fourth-order valence-electron chi connectivity index (χ4n) is 0.912. The van der Waals surface area contributed by atoms with Crippen LogP contribution < -0.4 is 10.6 Å². The Bertz CT molecular complexity index is 390. The number of allylic oxidation sites excluding steroid dienone is 1. The second-order valence-electron chi connectivity index (χ2n) is 4.59. The normalized spacial score (nSPS) is 11.8. The number of nitrogens with one attached hydrogen (secondary N) is 2. The summed E-state index contributed by atoms with van der Waals surface area (Å²) in [6.07, 6.45) is 3.58. The highest BCUT2D eigenvalue weighted by Gasteiger charge is 2.05. The Balaban J connectivity index is 2.40. The van der Waals surface area contributed by atoms with Gasteiger partial charge in [0.15, 0.2) is 5.13 Å². The van der Waals surface area contributed by atoms with Crippen molar-refractivity contribution in [1.29, 1.82) is 0 Å². The summed E-state index contributed by atoms with van der Waals surface area (Å²) < 4.78 is 0. The summed E-state index contributed by atoms with van der Waals surface area (Å²) in [6.45, 7) is 8.08. The average molecular weight is 239 g/mol. The van der Waals surface area contributed by atoms with E-state index in [9.17, 15) is 4.79 Å². The molecule has 88 valence electrons. The number of carbonyl (C=O) groups is 1. The van der Waals surface area contributed by atoms with Crippen LogP contribution in [-0.4, -0.2) is 11.0 Å². The highest BCUT2D eigenvalue weighted by atomic mass is 32.1. The van der Waals surface area contributed by atoms with Gasteiger partial charge in [-0.1, -0.05) is 26.8 Å². The van der Waals surface area contributed by atoms with Crippen LogP contribution in [0.2, 0.25) is 0 Å². The Labute approximate surface area is 99.8 Å². The largest absolute Gasteiger partial charge is 0.324 e. The van der Waals surface area contributed by atoms with Crippen LogP contribution >= 0.6 is 11.3 Å². The van der Waals surface area contributed by atoms with E-state index in [0.717, 1.165) is 5.69 Å². The maximum atomic E-state index is 11.4. The molecule has 0 spiro atoms. The van der Waals surface area contributed by atoms with Crippen LogP contribution in [0.25, 0.3) is 0 Å². The van der Waals surface area contributed by atoms with Gasteiger partial charge in [0.1, 0.15) is 0 Å². The van der Waals surface area contributed by atoms with Crippen molar-refractivity contribution in [3.8, 4) is 0 Å². The number of urea groups is 1. The molecule has 0 fully saturated rings. The lowest BCUT2D eigenvalue weighted by Gasteiger charge is -2.10. The molecule has 0 aliphatic carbocycles. The summed E-state index contributed by atoms with van der Waals surface area (Å²) in [6, 6.07) is -0.269. The van der Waals surface area contributed by atoms with Gasteiger partial charge in [-0.2, -0.15) is 0 Å². The Morgan fingerprint density at radius 1 is 1.50 bits per heavy atom. The molecule has 1 rings (SSSR count). The van der Waals surface area contributed by atoms with Gasteiger partial charge >= 0.3 is 6.03 Å². The lowest BCUT2D eigenvalue weighted by atomic mass is 9.97. The Hall–Kier alpha value is -1.36. The Morgan fingerprint density at radius 3 is 2.69 bits per heavy atom. The van der Waals surface area contributed by atoms with Crippen molar-refractivity contribution in [1.82, 2.24) is 10.3 Å². The van der Waals surface area contributed by atoms with E-state index in [2.05, 4.69) is 36.4 Å². The van der Waals surface area contributed by atoms with Gasteiger partial charge in [-0.05, 0) is 12.3 Å². The van der Waals surface area contributed by atoms with Crippen LogP contribution in [0.1, 0.15) is 26.5 Å². The molecule has 1 aromatic heterocycles. The fraction of sp³-hybridized carbons (Fsp3) is 0.455. The lowest BCUT2D eigenvalue weighted by Crippen LogP contribution is -2.24. The molecule has 4 nitrogen and oxygen atoms in total. The number of nitrogens with zero attached hydrogens (tertiary/aromatic N) is 1. The van der Waals surface area contributed by atoms with Gasteiger partial charge in [-0.3, -0.25) is 5.32 Å². The molecule has 2 amide bonds. The number of aromatic nitrogens is 1. The van der Waals surface area contributed by atoms with Crippen molar-refractivity contribution in [2.75, 3.05) is 5.32 Å². The topological polar surface area (TPSA) is 54.0 Å². The molecule has 1 aromatic rings. The Morgan fingerprint density at radius 2 is 2.19 bits per heavy atom. The molecule has 1 heterocycles. The summed E-state index contributed by atoms with van der Waals surface area (Å²) in [5.74, 6) is 0. The van der Waals surface area contributed by atoms with Gasteiger partial charge in [0.05, 0.1) is 5.69 Å². The van der Waals surface area contributed by atoms with E-state index in [0.29, 0.717) is 5.13 Å². The van der Waals surface area contributed by atoms with Crippen LogP contribution in [0.15, 0.2) is 17.7 Å². The van der Waals surface area contributed by atoms with Crippen LogP contribution in [-0.2, 0) is 0 Å². The highest BCUT2D eigenvalue weighted by molar-refractivity contribution is 7.13. The first kappa shape index (κ1) is 12.7. The van der Waals surface area contributed by atoms with Crippen molar-refractivity contribution < 1.29 is 4.79 Å². The van der Waals surface area contributed by atoms with E-state index in [1.54, 1.807) is 6.20 Å². The minimum Gasteiger partial charge on any atom is -0.315 e. The summed E-state index contributed by atoms with van der Waals surface area (Å²) in [5.41, 5.74) is 0.968. The molecule has 0 radical (unpaired) electrons. The van der Waals surface area contributed by atoms with Crippen molar-refractivity contribution in [3.63, 3.8) is 0 Å². The van der Waals surface area contributed by atoms with Crippen LogP contribution in [0.3, 0.4) is 0 Å². The molecule has 16 heavy (non-hydrogen) atoms. The van der Waals surface area contributed by atoms with Gasteiger partial charge < -0.3 is 5.32 Å². The number of carbonyl (C=O) groups excluding carboxylic acids is 1. The zero-order valence-electron chi connectivity index (χ0n) is 10.00. The van der Waals surface area contributed by atoms with Crippen molar-refractivity contribution in [2.45, 2.75) is 27.7 Å². The third-order valence-corrected chi connectivity index (χ3v) is 2.51. The Kier molecular flexibility index (Phi) is 4.06.